The zero-order valence-corrected chi connectivity index (χ0v) is 15.4. The number of fused-ring (bicyclic) bond motifs is 1. The number of hydrazone groups is 1. The van der Waals surface area contributed by atoms with Crippen molar-refractivity contribution >= 4 is 57.1 Å². The lowest BCUT2D eigenvalue weighted by atomic mass is 10.3. The van der Waals surface area contributed by atoms with Crippen LogP contribution in [0.5, 0.6) is 0 Å². The van der Waals surface area contributed by atoms with Gasteiger partial charge in [0, 0.05) is 24.3 Å². The van der Waals surface area contributed by atoms with Crippen LogP contribution in [0.4, 0.5) is 28.8 Å². The van der Waals surface area contributed by atoms with Crippen LogP contribution in [0.2, 0.25) is 0 Å². The minimum atomic E-state index is 0.508. The number of benzene rings is 2. The summed E-state index contributed by atoms with van der Waals surface area (Å²) in [5, 5.41) is 11.2. The first-order chi connectivity index (χ1) is 13.2. The van der Waals surface area contributed by atoms with E-state index in [1.54, 1.807) is 17.5 Å². The fourth-order valence-corrected chi connectivity index (χ4v) is 3.45. The molecule has 2 aromatic carbocycles. The highest BCUT2D eigenvalue weighted by molar-refractivity contribution is 7.18. The van der Waals surface area contributed by atoms with Gasteiger partial charge in [-0.3, -0.25) is 5.43 Å². The molecule has 27 heavy (non-hydrogen) atoms. The molecular weight excluding hydrogens is 358 g/mol. The minimum absolute atomic E-state index is 0.508. The first-order valence-corrected chi connectivity index (χ1v) is 9.07. The van der Waals surface area contributed by atoms with Gasteiger partial charge in [-0.1, -0.05) is 6.07 Å². The van der Waals surface area contributed by atoms with E-state index in [-0.39, 0.29) is 0 Å². The molecule has 4 aromatic rings. The van der Waals surface area contributed by atoms with Gasteiger partial charge >= 0.3 is 0 Å². The summed E-state index contributed by atoms with van der Waals surface area (Å²) in [6.45, 7) is 5.43. The van der Waals surface area contributed by atoms with Gasteiger partial charge < -0.3 is 10.6 Å². The highest BCUT2D eigenvalue weighted by atomic mass is 32.1. The number of hydrogen-bond acceptors (Lipinski definition) is 8. The smallest absolute Gasteiger partial charge is 0.229 e. The molecule has 0 bridgehead atoms. The number of nitrogens with one attached hydrogen (secondary N) is 3. The third kappa shape index (κ3) is 4.01. The van der Waals surface area contributed by atoms with Crippen molar-refractivity contribution in [2.45, 2.75) is 6.92 Å². The van der Waals surface area contributed by atoms with E-state index in [1.807, 2.05) is 49.4 Å². The zero-order valence-electron chi connectivity index (χ0n) is 14.6. The van der Waals surface area contributed by atoms with Crippen molar-refractivity contribution in [2.24, 2.45) is 5.10 Å². The summed E-state index contributed by atoms with van der Waals surface area (Å²) in [5.74, 6) is 1.19. The van der Waals surface area contributed by atoms with Crippen LogP contribution in [-0.4, -0.2) is 21.7 Å². The Hall–Kier alpha value is -3.52. The number of rotatable bonds is 6. The number of hydrogen-bond donors (Lipinski definition) is 3. The van der Waals surface area contributed by atoms with Gasteiger partial charge in [0.2, 0.25) is 5.95 Å². The second-order valence-electron chi connectivity index (χ2n) is 5.78. The van der Waals surface area contributed by atoms with Crippen molar-refractivity contribution in [1.82, 2.24) is 15.0 Å². The molecule has 134 valence electrons. The lowest BCUT2D eigenvalue weighted by molar-refractivity contribution is 1.17. The molecule has 0 unspecified atom stereocenters. The summed E-state index contributed by atoms with van der Waals surface area (Å²) < 4.78 is 1.16. The van der Waals surface area contributed by atoms with Gasteiger partial charge in [-0.15, -0.1) is 11.3 Å². The number of aryl methyl sites for hydroxylation is 1. The Kier molecular flexibility index (Phi) is 4.63. The molecule has 0 saturated carbocycles. The fraction of sp³-hybridized carbons (Fsp3) is 0.0526. The summed E-state index contributed by atoms with van der Waals surface area (Å²) in [6, 6.07) is 15.6. The van der Waals surface area contributed by atoms with Crippen LogP contribution >= 0.6 is 11.3 Å². The monoisotopic (exact) mass is 375 g/mol. The van der Waals surface area contributed by atoms with Crippen molar-refractivity contribution in [2.75, 3.05) is 16.1 Å². The first kappa shape index (κ1) is 16.9. The Bertz CT molecular complexity index is 1110. The summed E-state index contributed by atoms with van der Waals surface area (Å²) in [4.78, 5) is 13.3. The number of nitrogens with zero attached hydrogens (tertiary/aromatic N) is 4. The summed E-state index contributed by atoms with van der Waals surface area (Å²) in [5.41, 5.74) is 6.41. The van der Waals surface area contributed by atoms with Crippen LogP contribution in [0.25, 0.3) is 10.2 Å². The first-order valence-electron chi connectivity index (χ1n) is 8.26. The maximum Gasteiger partial charge on any atom is 0.229 e. The molecular formula is C19H17N7S. The van der Waals surface area contributed by atoms with Crippen molar-refractivity contribution in [1.29, 1.82) is 0 Å². The van der Waals surface area contributed by atoms with E-state index in [0.29, 0.717) is 11.8 Å². The second kappa shape index (κ2) is 7.38. The van der Waals surface area contributed by atoms with E-state index in [0.717, 1.165) is 32.3 Å². The second-order valence-corrected chi connectivity index (χ2v) is 7.02. The summed E-state index contributed by atoms with van der Waals surface area (Å²) >= 11 is 1.68. The maximum atomic E-state index is 4.52. The molecule has 2 heterocycles. The Labute approximate surface area is 160 Å². The van der Waals surface area contributed by atoms with E-state index in [9.17, 15) is 0 Å². The molecule has 0 fully saturated rings. The summed E-state index contributed by atoms with van der Waals surface area (Å²) in [6.07, 6.45) is 1.70. The van der Waals surface area contributed by atoms with E-state index in [4.69, 9.17) is 0 Å². The average Bonchev–Trinajstić information content (AvgIpc) is 3.02. The SMILES string of the molecule is C=NNc1cccc(Nc2ccnc(Nc3ccc4sc(C)nc4c3)n2)c1. The van der Waals surface area contributed by atoms with E-state index in [1.165, 1.54) is 0 Å². The topological polar surface area (TPSA) is 87.1 Å². The maximum absolute atomic E-state index is 4.52. The van der Waals surface area contributed by atoms with Crippen molar-refractivity contribution in [3.63, 3.8) is 0 Å². The standard InChI is InChI=1S/C19H17N7S/c1-12-22-16-11-14(6-7-17(16)27-12)24-19-21-9-8-18(25-19)23-13-4-3-5-15(10-13)26-20-2/h3-11,26H,2H2,1H3,(H2,21,23,24,25). The van der Waals surface area contributed by atoms with E-state index >= 15 is 0 Å². The molecule has 0 atom stereocenters. The van der Waals surface area contributed by atoms with Crippen LogP contribution < -0.4 is 16.1 Å². The lowest BCUT2D eigenvalue weighted by Gasteiger charge is -2.09. The molecule has 4 rings (SSSR count). The van der Waals surface area contributed by atoms with Gasteiger partial charge in [-0.25, -0.2) is 9.97 Å². The molecule has 0 aliphatic carbocycles. The molecule has 8 heteroatoms. The number of thiazole rings is 1. The molecule has 3 N–H and O–H groups in total. The Morgan fingerprint density at radius 3 is 2.70 bits per heavy atom. The van der Waals surface area contributed by atoms with Gasteiger partial charge in [-0.05, 0) is 49.4 Å². The van der Waals surface area contributed by atoms with Crippen molar-refractivity contribution in [3.8, 4) is 0 Å². The van der Waals surface area contributed by atoms with Gasteiger partial charge in [-0.2, -0.15) is 10.1 Å². The predicted octanol–water partition coefficient (Wildman–Crippen LogP) is 4.91. The number of aromatic nitrogens is 3. The van der Waals surface area contributed by atoms with Crippen LogP contribution in [0.3, 0.4) is 0 Å². The molecule has 0 saturated heterocycles. The lowest BCUT2D eigenvalue weighted by Crippen LogP contribution is -2.00. The third-order valence-electron chi connectivity index (χ3n) is 3.75. The largest absolute Gasteiger partial charge is 0.340 e. The quantitative estimate of drug-likeness (QED) is 0.328. The molecule has 2 aromatic heterocycles. The molecule has 0 radical (unpaired) electrons. The Balaban J connectivity index is 1.53. The highest BCUT2D eigenvalue weighted by Gasteiger charge is 2.05. The molecule has 0 aliphatic heterocycles. The summed E-state index contributed by atoms with van der Waals surface area (Å²) in [7, 11) is 0. The predicted molar refractivity (Wildman–Crippen MR) is 113 cm³/mol. The molecule has 0 aliphatic rings. The van der Waals surface area contributed by atoms with Crippen molar-refractivity contribution in [3.05, 3.63) is 59.7 Å². The van der Waals surface area contributed by atoms with Gasteiger partial charge in [0.05, 0.1) is 20.9 Å². The molecule has 7 nitrogen and oxygen atoms in total. The molecule has 0 amide bonds. The zero-order chi connectivity index (χ0) is 18.6. The fourth-order valence-electron chi connectivity index (χ4n) is 2.64. The highest BCUT2D eigenvalue weighted by Crippen LogP contribution is 2.26. The average molecular weight is 375 g/mol. The van der Waals surface area contributed by atoms with Crippen LogP contribution in [0, 0.1) is 6.92 Å². The van der Waals surface area contributed by atoms with Gasteiger partial charge in [0.1, 0.15) is 5.82 Å². The molecule has 0 spiro atoms. The van der Waals surface area contributed by atoms with E-state index in [2.05, 4.69) is 48.9 Å². The number of anilines is 5. The van der Waals surface area contributed by atoms with Crippen LogP contribution in [-0.2, 0) is 0 Å². The van der Waals surface area contributed by atoms with Crippen molar-refractivity contribution < 1.29 is 0 Å². The van der Waals surface area contributed by atoms with E-state index < -0.39 is 0 Å². The Morgan fingerprint density at radius 1 is 0.963 bits per heavy atom. The van der Waals surface area contributed by atoms with Gasteiger partial charge in [0.25, 0.3) is 0 Å². The van der Waals surface area contributed by atoms with Crippen LogP contribution in [0.1, 0.15) is 5.01 Å². The normalized spacial score (nSPS) is 10.6. The third-order valence-corrected chi connectivity index (χ3v) is 4.70. The van der Waals surface area contributed by atoms with Crippen LogP contribution in [0.15, 0.2) is 59.8 Å². The van der Waals surface area contributed by atoms with Gasteiger partial charge in [0.15, 0.2) is 0 Å². The minimum Gasteiger partial charge on any atom is -0.340 e. The Morgan fingerprint density at radius 2 is 1.81 bits per heavy atom.